The Bertz CT molecular complexity index is 1080. The quantitative estimate of drug-likeness (QED) is 0.587. The van der Waals surface area contributed by atoms with Crippen molar-refractivity contribution in [2.75, 3.05) is 26.2 Å². The molecular weight excluding hydrogens is 424 g/mol. The third-order valence-electron chi connectivity index (χ3n) is 7.43. The number of amides is 1. The number of aromatic nitrogens is 2. The van der Waals surface area contributed by atoms with Crippen molar-refractivity contribution in [2.24, 2.45) is 5.92 Å². The number of carbonyl (C=O) groups excluding carboxylic acids is 1. The average Bonchev–Trinajstić information content (AvgIpc) is 3.35. The maximum absolute atomic E-state index is 14.0. The lowest BCUT2D eigenvalue weighted by Gasteiger charge is -2.36. The first-order valence-electron chi connectivity index (χ1n) is 12.5. The van der Waals surface area contributed by atoms with Gasteiger partial charge in [0.1, 0.15) is 0 Å². The van der Waals surface area contributed by atoms with E-state index in [1.807, 2.05) is 35.5 Å². The summed E-state index contributed by atoms with van der Waals surface area (Å²) in [7, 11) is 0. The van der Waals surface area contributed by atoms with Gasteiger partial charge in [-0.05, 0) is 24.8 Å². The number of imidazole rings is 1. The second kappa shape index (κ2) is 10.5. The zero-order chi connectivity index (χ0) is 23.3. The molecule has 2 heterocycles. The minimum atomic E-state index is -0.00334. The van der Waals surface area contributed by atoms with Crippen molar-refractivity contribution >= 4 is 5.91 Å². The first-order chi connectivity index (χ1) is 16.8. The summed E-state index contributed by atoms with van der Waals surface area (Å²) in [6.45, 7) is 2.39. The van der Waals surface area contributed by atoms with E-state index in [0.29, 0.717) is 12.2 Å². The molecule has 3 aromatic rings. The largest absolute Gasteiger partial charge is 0.396 e. The van der Waals surface area contributed by atoms with Crippen LogP contribution in [0.1, 0.15) is 47.8 Å². The van der Waals surface area contributed by atoms with Crippen molar-refractivity contribution in [1.29, 1.82) is 0 Å². The standard InChI is InChI=1S/C28H34N4O2/c33-19-23-13-7-8-14-25(23)32-20-30-26(27(32)22-11-5-2-6-12-22)28(34)31-16-15-29-18-24(31)17-21-9-3-1-4-10-21/h1-6,9-12,20,23-25,29,33H,7-8,13-19H2/t23-,24-,25-/m1/s1. The molecule has 178 valence electrons. The molecule has 0 radical (unpaired) electrons. The van der Waals surface area contributed by atoms with Crippen LogP contribution in [-0.4, -0.2) is 57.7 Å². The highest BCUT2D eigenvalue weighted by Gasteiger charge is 2.34. The lowest BCUT2D eigenvalue weighted by Crippen LogP contribution is -2.54. The molecule has 6 nitrogen and oxygen atoms in total. The number of hydrogen-bond acceptors (Lipinski definition) is 4. The zero-order valence-electron chi connectivity index (χ0n) is 19.6. The predicted octanol–water partition coefficient (Wildman–Crippen LogP) is 3.93. The van der Waals surface area contributed by atoms with Crippen molar-refractivity contribution < 1.29 is 9.90 Å². The number of aliphatic hydroxyl groups excluding tert-OH is 1. The van der Waals surface area contributed by atoms with Gasteiger partial charge in [-0.25, -0.2) is 4.98 Å². The van der Waals surface area contributed by atoms with Crippen molar-refractivity contribution in [1.82, 2.24) is 19.8 Å². The minimum Gasteiger partial charge on any atom is -0.396 e. The molecule has 0 unspecified atom stereocenters. The van der Waals surface area contributed by atoms with Gasteiger partial charge in [-0.15, -0.1) is 0 Å². The molecule has 34 heavy (non-hydrogen) atoms. The van der Waals surface area contributed by atoms with Gasteiger partial charge < -0.3 is 19.9 Å². The Labute approximate surface area is 201 Å². The third-order valence-corrected chi connectivity index (χ3v) is 7.43. The lowest BCUT2D eigenvalue weighted by atomic mass is 9.84. The van der Waals surface area contributed by atoms with E-state index < -0.39 is 0 Å². The van der Waals surface area contributed by atoms with Gasteiger partial charge in [0.15, 0.2) is 5.69 Å². The van der Waals surface area contributed by atoms with E-state index in [1.165, 1.54) is 5.56 Å². The normalized spacial score (nSPS) is 23.1. The number of nitrogens with zero attached hydrogens (tertiary/aromatic N) is 3. The molecule has 2 N–H and O–H groups in total. The highest BCUT2D eigenvalue weighted by atomic mass is 16.3. The second-order valence-corrected chi connectivity index (χ2v) is 9.56. The van der Waals surface area contributed by atoms with Gasteiger partial charge >= 0.3 is 0 Å². The summed E-state index contributed by atoms with van der Waals surface area (Å²) in [6, 6.07) is 20.7. The third kappa shape index (κ3) is 4.65. The molecular formula is C28H34N4O2. The van der Waals surface area contributed by atoms with Gasteiger partial charge in [-0.2, -0.15) is 0 Å². The molecule has 1 saturated heterocycles. The summed E-state index contributed by atoms with van der Waals surface area (Å²) in [5.41, 5.74) is 3.64. The Morgan fingerprint density at radius 3 is 2.53 bits per heavy atom. The molecule has 5 rings (SSSR count). The van der Waals surface area contributed by atoms with Crippen LogP contribution in [-0.2, 0) is 6.42 Å². The zero-order valence-corrected chi connectivity index (χ0v) is 19.6. The molecule has 0 spiro atoms. The Balaban J connectivity index is 1.51. The van der Waals surface area contributed by atoms with E-state index in [9.17, 15) is 9.90 Å². The highest BCUT2D eigenvalue weighted by molar-refractivity contribution is 5.98. The summed E-state index contributed by atoms with van der Waals surface area (Å²) >= 11 is 0. The van der Waals surface area contributed by atoms with Crippen molar-refractivity contribution in [3.63, 3.8) is 0 Å². The Morgan fingerprint density at radius 1 is 1.03 bits per heavy atom. The van der Waals surface area contributed by atoms with Crippen LogP contribution in [0, 0.1) is 5.92 Å². The molecule has 2 aliphatic rings. The van der Waals surface area contributed by atoms with E-state index in [-0.39, 0.29) is 30.5 Å². The van der Waals surface area contributed by atoms with Crippen molar-refractivity contribution in [3.8, 4) is 11.3 Å². The molecule has 1 aromatic heterocycles. The molecule has 2 aromatic carbocycles. The fourth-order valence-corrected chi connectivity index (χ4v) is 5.65. The van der Waals surface area contributed by atoms with Gasteiger partial charge in [-0.3, -0.25) is 4.79 Å². The van der Waals surface area contributed by atoms with Crippen LogP contribution >= 0.6 is 0 Å². The van der Waals surface area contributed by atoms with Crippen LogP contribution in [0.3, 0.4) is 0 Å². The number of nitrogens with one attached hydrogen (secondary N) is 1. The number of rotatable bonds is 6. The predicted molar refractivity (Wildman–Crippen MR) is 134 cm³/mol. The Hall–Kier alpha value is -2.96. The molecule has 1 aliphatic heterocycles. The summed E-state index contributed by atoms with van der Waals surface area (Å²) in [4.78, 5) is 20.7. The topological polar surface area (TPSA) is 70.4 Å². The summed E-state index contributed by atoms with van der Waals surface area (Å²) in [6.07, 6.45) is 6.94. The molecule has 1 saturated carbocycles. The first kappa shape index (κ1) is 22.8. The van der Waals surface area contributed by atoms with E-state index in [2.05, 4.69) is 46.3 Å². The Morgan fingerprint density at radius 2 is 1.76 bits per heavy atom. The summed E-state index contributed by atoms with van der Waals surface area (Å²) in [5.74, 6) is 0.190. The highest BCUT2D eigenvalue weighted by Crippen LogP contribution is 2.38. The van der Waals surface area contributed by atoms with E-state index in [0.717, 1.165) is 56.5 Å². The summed E-state index contributed by atoms with van der Waals surface area (Å²) in [5, 5.41) is 13.5. The maximum Gasteiger partial charge on any atom is 0.275 e. The first-order valence-corrected chi connectivity index (χ1v) is 12.5. The summed E-state index contributed by atoms with van der Waals surface area (Å²) < 4.78 is 2.18. The van der Waals surface area contributed by atoms with Gasteiger partial charge in [0, 0.05) is 49.8 Å². The van der Waals surface area contributed by atoms with Crippen LogP contribution < -0.4 is 5.32 Å². The number of hydrogen-bond donors (Lipinski definition) is 2. The van der Waals surface area contributed by atoms with Crippen LogP contribution in [0.4, 0.5) is 0 Å². The van der Waals surface area contributed by atoms with E-state index >= 15 is 0 Å². The number of benzene rings is 2. The van der Waals surface area contributed by atoms with E-state index in [4.69, 9.17) is 4.98 Å². The van der Waals surface area contributed by atoms with Crippen molar-refractivity contribution in [2.45, 2.75) is 44.2 Å². The maximum atomic E-state index is 14.0. The fourth-order valence-electron chi connectivity index (χ4n) is 5.65. The van der Waals surface area contributed by atoms with Gasteiger partial charge in [-0.1, -0.05) is 73.5 Å². The molecule has 1 amide bonds. The van der Waals surface area contributed by atoms with E-state index in [1.54, 1.807) is 0 Å². The number of aliphatic hydroxyl groups is 1. The van der Waals surface area contributed by atoms with Crippen LogP contribution in [0.25, 0.3) is 11.3 Å². The Kier molecular flexibility index (Phi) is 7.07. The van der Waals surface area contributed by atoms with Crippen LogP contribution in [0.5, 0.6) is 0 Å². The molecule has 6 heteroatoms. The smallest absolute Gasteiger partial charge is 0.275 e. The van der Waals surface area contributed by atoms with Gasteiger partial charge in [0.2, 0.25) is 0 Å². The molecule has 1 aliphatic carbocycles. The average molecular weight is 459 g/mol. The minimum absolute atomic E-state index is 0.00334. The number of carbonyl (C=O) groups is 1. The number of piperazine rings is 1. The second-order valence-electron chi connectivity index (χ2n) is 9.56. The van der Waals surface area contributed by atoms with Crippen molar-refractivity contribution in [3.05, 3.63) is 78.2 Å². The molecule has 2 fully saturated rings. The fraction of sp³-hybridized carbons (Fsp3) is 0.429. The van der Waals surface area contributed by atoms with Crippen LogP contribution in [0.15, 0.2) is 67.0 Å². The van der Waals surface area contributed by atoms with Crippen LogP contribution in [0.2, 0.25) is 0 Å². The SMILES string of the molecule is O=C(c1ncn([C@@H]2CCCC[C@@H]2CO)c1-c1ccccc1)N1CCNC[C@H]1Cc1ccccc1. The lowest BCUT2D eigenvalue weighted by molar-refractivity contribution is 0.0631. The van der Waals surface area contributed by atoms with Gasteiger partial charge in [0.25, 0.3) is 5.91 Å². The molecule has 0 bridgehead atoms. The monoisotopic (exact) mass is 458 g/mol. The van der Waals surface area contributed by atoms with Gasteiger partial charge in [0.05, 0.1) is 12.0 Å². The molecule has 3 atom stereocenters.